The highest BCUT2D eigenvalue weighted by Crippen LogP contribution is 2.22. The molecule has 2 atom stereocenters. The van der Waals surface area contributed by atoms with Crippen LogP contribution in [0.3, 0.4) is 0 Å². The zero-order chi connectivity index (χ0) is 52.2. The van der Waals surface area contributed by atoms with E-state index in [-0.39, 0.29) is 53.9 Å². The summed E-state index contributed by atoms with van der Waals surface area (Å²) in [4.78, 5) is 103. The Labute approximate surface area is 399 Å². The molecule has 0 spiro atoms. The number of amides is 5. The van der Waals surface area contributed by atoms with Crippen LogP contribution in [0.1, 0.15) is 97.9 Å². The minimum Gasteiger partial charge on any atom is -0.480 e. The highest BCUT2D eigenvalue weighted by molar-refractivity contribution is 6.03. The van der Waals surface area contributed by atoms with Gasteiger partial charge in [-0.3, -0.25) is 34.0 Å². The van der Waals surface area contributed by atoms with Crippen LogP contribution in [0.5, 0.6) is 0 Å². The fourth-order valence-electron chi connectivity index (χ4n) is 6.14. The second-order valence-corrected chi connectivity index (χ2v) is 15.9. The molecule has 0 saturated carbocycles. The predicted octanol–water partition coefficient (Wildman–Crippen LogP) is 7.22. The summed E-state index contributed by atoms with van der Waals surface area (Å²) in [6.07, 6.45) is 1.35. The number of hydroxylamine groups is 4. The number of nitrogens with zero attached hydrogens (tertiary/aromatic N) is 2. The van der Waals surface area contributed by atoms with Gasteiger partial charge in [0.1, 0.15) is 28.8 Å². The number of para-hydroxylation sites is 3. The van der Waals surface area contributed by atoms with Gasteiger partial charge in [0.2, 0.25) is 11.5 Å². The van der Waals surface area contributed by atoms with Gasteiger partial charge in [-0.15, -0.1) is 18.2 Å². The molecular weight excluding hydrogens is 917 g/mol. The summed E-state index contributed by atoms with van der Waals surface area (Å²) in [6, 6.07) is 24.5. The Kier molecular flexibility index (Phi) is 21.4. The first-order chi connectivity index (χ1) is 33.1. The van der Waals surface area contributed by atoms with E-state index in [1.54, 1.807) is 48.5 Å². The molecule has 2 aliphatic rings. The third-order valence-electron chi connectivity index (χ3n) is 9.47. The van der Waals surface area contributed by atoms with Gasteiger partial charge in [-0.25, -0.2) is 14.4 Å². The Morgan fingerprint density at radius 1 is 0.614 bits per heavy atom. The number of carboxylic acids is 3. The van der Waals surface area contributed by atoms with Crippen LogP contribution in [0.25, 0.3) is 32.9 Å². The van der Waals surface area contributed by atoms with Crippen LogP contribution in [0.4, 0.5) is 0 Å². The largest absolute Gasteiger partial charge is 0.480 e. The molecule has 0 unspecified atom stereocenters. The Morgan fingerprint density at radius 3 is 1.36 bits per heavy atom. The van der Waals surface area contributed by atoms with Gasteiger partial charge in [-0.1, -0.05) is 82.3 Å². The molecule has 5 heterocycles. The molecule has 3 aromatic carbocycles. The number of rotatable bonds is 11. The average Bonchev–Trinajstić information content (AvgIpc) is 4.17. The van der Waals surface area contributed by atoms with Gasteiger partial charge >= 0.3 is 23.9 Å². The number of carbonyl (C=O) groups is 9. The maximum Gasteiger partial charge on any atom is 0.399 e. The summed E-state index contributed by atoms with van der Waals surface area (Å²) in [6.45, 7) is 13.7. The molecular formula is C49H54N4O17. The van der Waals surface area contributed by atoms with Crippen molar-refractivity contribution in [2.75, 3.05) is 0 Å². The lowest BCUT2D eigenvalue weighted by Crippen LogP contribution is -2.41. The Hall–Kier alpha value is -8.43. The van der Waals surface area contributed by atoms with Crippen molar-refractivity contribution in [2.24, 2.45) is 17.6 Å². The van der Waals surface area contributed by atoms with Crippen molar-refractivity contribution in [3.8, 4) is 0 Å². The molecule has 0 bridgehead atoms. The fraction of sp³-hybridized carbons (Fsp3) is 0.286. The van der Waals surface area contributed by atoms with Gasteiger partial charge in [0.05, 0.1) is 0 Å². The summed E-state index contributed by atoms with van der Waals surface area (Å²) < 4.78 is 15.7. The first-order valence-electron chi connectivity index (χ1n) is 21.5. The summed E-state index contributed by atoms with van der Waals surface area (Å²) in [5.74, 6) is -5.81. The van der Waals surface area contributed by atoms with E-state index in [1.807, 2.05) is 58.0 Å². The molecule has 21 nitrogen and oxygen atoms in total. The van der Waals surface area contributed by atoms with E-state index in [9.17, 15) is 43.2 Å². The van der Waals surface area contributed by atoms with Crippen LogP contribution in [0.15, 0.2) is 117 Å². The maximum absolute atomic E-state index is 12.0. The zero-order valence-electron chi connectivity index (χ0n) is 38.7. The van der Waals surface area contributed by atoms with E-state index in [0.29, 0.717) is 40.6 Å². The van der Waals surface area contributed by atoms with Gasteiger partial charge in [-0.2, -0.15) is 5.06 Å². The molecule has 7 N–H and O–H groups in total. The number of imide groups is 2. The van der Waals surface area contributed by atoms with E-state index < -0.39 is 65.5 Å². The molecule has 372 valence electrons. The van der Waals surface area contributed by atoms with Crippen LogP contribution in [0, 0.1) is 11.8 Å². The van der Waals surface area contributed by atoms with Crippen molar-refractivity contribution < 1.29 is 81.8 Å². The average molecular weight is 971 g/mol. The standard InChI is InChI=1S/C15H17NO4.C13H9NO5.C9H6O3.C6H13NO2.C4H5NO3.C2H4/c1-9(2)7-11(15(18)19)16-14(17)13-8-10-5-3-4-6-12(10)20-13;15-11-5-6-12(16)14(11)19-13(17)10-7-8-3-1-2-4-9(8)18-10;10-9(11)8-5-6-3-1-2-4-7(6)12-8;1-4(2)3-5(7)6(8)9;6-3-1-2-4(7)5(3)8;1-2/h3-6,8-9,11H,7H2,1-2H3,(H,16,17)(H,18,19);1-4,7H,5-6H2;1-5H,(H,10,11);4-5H,3,7H2,1-2H3,(H,8,9);8H,1-2H2;1-2H2/t11-;;;5-;;/m0..0../s1. The molecule has 21 heteroatoms. The topological polar surface area (TPSA) is 328 Å². The quantitative estimate of drug-likeness (QED) is 0.0424. The number of nitrogens with one attached hydrogen (secondary N) is 1. The van der Waals surface area contributed by atoms with Crippen LogP contribution in [0.2, 0.25) is 0 Å². The van der Waals surface area contributed by atoms with Gasteiger partial charge in [0, 0.05) is 41.8 Å². The van der Waals surface area contributed by atoms with Gasteiger partial charge in [0.15, 0.2) is 5.76 Å². The van der Waals surface area contributed by atoms with Crippen molar-refractivity contribution in [2.45, 2.75) is 78.3 Å². The smallest absolute Gasteiger partial charge is 0.399 e. The van der Waals surface area contributed by atoms with Gasteiger partial charge in [-0.05, 0) is 61.1 Å². The van der Waals surface area contributed by atoms with E-state index in [0.717, 1.165) is 16.2 Å². The Morgan fingerprint density at radius 2 is 1.00 bits per heavy atom. The SMILES string of the molecule is C=C.CC(C)C[C@H](N)C(=O)O.CC(C)C[C@H](NC(=O)c1cc2ccccc2o1)C(=O)O.O=C(O)c1cc2ccccc2o1.O=C(ON1C(=O)CCC1=O)c1cc2ccccc2o1.O=C1CCC(=O)N1O. The van der Waals surface area contributed by atoms with Crippen LogP contribution >= 0.6 is 0 Å². The van der Waals surface area contributed by atoms with Crippen LogP contribution in [-0.4, -0.2) is 96.2 Å². The third kappa shape index (κ3) is 16.7. The van der Waals surface area contributed by atoms with E-state index in [1.165, 1.54) is 12.1 Å². The van der Waals surface area contributed by atoms with Crippen molar-refractivity contribution >= 4 is 86.3 Å². The van der Waals surface area contributed by atoms with Crippen molar-refractivity contribution in [1.29, 1.82) is 0 Å². The third-order valence-corrected chi connectivity index (χ3v) is 9.47. The number of carboxylic acid groups (broad SMARTS) is 3. The maximum atomic E-state index is 12.0. The summed E-state index contributed by atoms with van der Waals surface area (Å²) in [5, 5.41) is 39.9. The minimum absolute atomic E-state index is 0.0174. The lowest BCUT2D eigenvalue weighted by Gasteiger charge is -2.15. The lowest BCUT2D eigenvalue weighted by atomic mass is 10.0. The minimum atomic E-state index is -1.04. The van der Waals surface area contributed by atoms with Gasteiger partial charge < -0.3 is 44.5 Å². The summed E-state index contributed by atoms with van der Waals surface area (Å²) in [7, 11) is 0. The van der Waals surface area contributed by atoms with E-state index >= 15 is 0 Å². The summed E-state index contributed by atoms with van der Waals surface area (Å²) in [5.41, 5.74) is 6.96. The van der Waals surface area contributed by atoms with Crippen LogP contribution < -0.4 is 11.1 Å². The Bertz CT molecular complexity index is 2670. The fourth-order valence-corrected chi connectivity index (χ4v) is 6.14. The summed E-state index contributed by atoms with van der Waals surface area (Å²) >= 11 is 0. The van der Waals surface area contributed by atoms with Gasteiger partial charge in [0.25, 0.3) is 29.5 Å². The molecule has 70 heavy (non-hydrogen) atoms. The number of aliphatic carboxylic acids is 2. The van der Waals surface area contributed by atoms with E-state index in [2.05, 4.69) is 18.5 Å². The predicted molar refractivity (Wildman–Crippen MR) is 250 cm³/mol. The normalized spacial score (nSPS) is 13.7. The highest BCUT2D eigenvalue weighted by Gasteiger charge is 2.34. The number of furan rings is 3. The number of fused-ring (bicyclic) bond motifs is 3. The van der Waals surface area contributed by atoms with E-state index in [4.69, 9.17) is 44.3 Å². The molecule has 2 aliphatic heterocycles. The molecule has 2 fully saturated rings. The second kappa shape index (κ2) is 26.8. The number of carbonyl (C=O) groups excluding carboxylic acids is 6. The van der Waals surface area contributed by atoms with Crippen molar-refractivity contribution in [1.82, 2.24) is 15.4 Å². The van der Waals surface area contributed by atoms with Crippen LogP contribution in [-0.2, 0) is 33.6 Å². The molecule has 2 saturated heterocycles. The molecule has 0 aliphatic carbocycles. The number of hydrogen-bond acceptors (Lipinski definition) is 15. The van der Waals surface area contributed by atoms with Crippen molar-refractivity contribution in [3.05, 3.63) is 121 Å². The molecule has 8 rings (SSSR count). The number of benzene rings is 3. The molecule has 3 aromatic heterocycles. The molecule has 5 amide bonds. The number of nitrogens with two attached hydrogens (primary N) is 1. The first kappa shape index (κ1) is 55.9. The lowest BCUT2D eigenvalue weighted by molar-refractivity contribution is -0.173. The molecule has 0 radical (unpaired) electrons. The second-order valence-electron chi connectivity index (χ2n) is 15.9. The monoisotopic (exact) mass is 970 g/mol. The number of aromatic carboxylic acids is 1. The zero-order valence-corrected chi connectivity index (χ0v) is 38.7. The van der Waals surface area contributed by atoms with Crippen molar-refractivity contribution in [3.63, 3.8) is 0 Å². The number of hydrogen-bond donors (Lipinski definition) is 6. The molecule has 6 aromatic rings. The highest BCUT2D eigenvalue weighted by atomic mass is 16.7. The first-order valence-corrected chi connectivity index (χ1v) is 21.5. The Balaban J connectivity index is 0.000000240.